The number of methoxy groups -OCH3 is 1. The fraction of sp³-hybridized carbons (Fsp3) is 0.250. The minimum absolute atomic E-state index is 0.237. The summed E-state index contributed by atoms with van der Waals surface area (Å²) in [6, 6.07) is 11.8. The lowest BCUT2D eigenvalue weighted by molar-refractivity contribution is 0.415. The van der Waals surface area contributed by atoms with Crippen molar-refractivity contribution >= 4 is 5.82 Å². The minimum atomic E-state index is 0.237. The number of rotatable bonds is 4. The van der Waals surface area contributed by atoms with Gasteiger partial charge in [0.25, 0.3) is 0 Å². The normalized spacial score (nSPS) is 13.4. The van der Waals surface area contributed by atoms with Crippen LogP contribution in [-0.4, -0.2) is 21.9 Å². The quantitative estimate of drug-likeness (QED) is 0.782. The monoisotopic (exact) mass is 345 g/mol. The zero-order chi connectivity index (χ0) is 18.3. The van der Waals surface area contributed by atoms with Gasteiger partial charge in [-0.05, 0) is 43.2 Å². The summed E-state index contributed by atoms with van der Waals surface area (Å²) in [5, 5.41) is 14.0. The van der Waals surface area contributed by atoms with Crippen molar-refractivity contribution in [3.63, 3.8) is 0 Å². The molecule has 130 valence electrons. The molecule has 0 aliphatic heterocycles. The van der Waals surface area contributed by atoms with E-state index in [2.05, 4.69) is 16.2 Å². The Hall–Kier alpha value is -3.33. The molecule has 6 heteroatoms. The topological polar surface area (TPSA) is 89.8 Å². The predicted octanol–water partition coefficient (Wildman–Crippen LogP) is 3.49. The van der Waals surface area contributed by atoms with E-state index < -0.39 is 0 Å². The van der Waals surface area contributed by atoms with Gasteiger partial charge in [0.2, 0.25) is 0 Å². The van der Waals surface area contributed by atoms with Gasteiger partial charge in [-0.15, -0.1) is 0 Å². The summed E-state index contributed by atoms with van der Waals surface area (Å²) in [4.78, 5) is 4.44. The number of nitrogens with two attached hydrogens (primary N) is 1. The summed E-state index contributed by atoms with van der Waals surface area (Å²) in [7, 11) is 3.57. The number of benzene rings is 1. The number of anilines is 1. The van der Waals surface area contributed by atoms with Crippen LogP contribution in [0.15, 0.2) is 36.5 Å². The number of pyridine rings is 1. The first kappa shape index (κ1) is 16.2. The van der Waals surface area contributed by atoms with E-state index in [1.165, 1.54) is 0 Å². The first-order chi connectivity index (χ1) is 12.6. The molecule has 26 heavy (non-hydrogen) atoms. The molecular weight excluding hydrogens is 326 g/mol. The summed E-state index contributed by atoms with van der Waals surface area (Å²) < 4.78 is 7.11. The van der Waals surface area contributed by atoms with E-state index in [1.54, 1.807) is 7.11 Å². The Labute approximate surface area is 151 Å². The summed E-state index contributed by atoms with van der Waals surface area (Å²) in [6.07, 6.45) is 4.13. The lowest BCUT2D eigenvalue weighted by atomic mass is 9.97. The zero-order valence-electron chi connectivity index (χ0n) is 14.7. The van der Waals surface area contributed by atoms with Crippen LogP contribution in [0.1, 0.15) is 30.0 Å². The molecule has 0 amide bonds. The van der Waals surface area contributed by atoms with Gasteiger partial charge in [0.15, 0.2) is 0 Å². The van der Waals surface area contributed by atoms with E-state index in [9.17, 15) is 5.26 Å². The molecular formula is C20H19N5O. The van der Waals surface area contributed by atoms with E-state index in [0.717, 1.165) is 46.7 Å². The van der Waals surface area contributed by atoms with Gasteiger partial charge in [0, 0.05) is 35.3 Å². The Bertz CT molecular complexity index is 1010. The van der Waals surface area contributed by atoms with Crippen molar-refractivity contribution in [2.24, 2.45) is 7.05 Å². The third-order valence-corrected chi connectivity index (χ3v) is 4.78. The van der Waals surface area contributed by atoms with Crippen LogP contribution in [0, 0.1) is 11.3 Å². The Balaban J connectivity index is 1.89. The van der Waals surface area contributed by atoms with Crippen LogP contribution in [0.4, 0.5) is 5.82 Å². The second-order valence-electron chi connectivity index (χ2n) is 6.50. The van der Waals surface area contributed by atoms with Gasteiger partial charge in [-0.1, -0.05) is 0 Å². The number of hydrogen-bond acceptors (Lipinski definition) is 5. The van der Waals surface area contributed by atoms with E-state index >= 15 is 0 Å². The third kappa shape index (κ3) is 2.68. The summed E-state index contributed by atoms with van der Waals surface area (Å²) in [5.41, 5.74) is 11.1. The number of hydrogen-bond donors (Lipinski definition) is 1. The highest BCUT2D eigenvalue weighted by molar-refractivity contribution is 5.81. The third-order valence-electron chi connectivity index (χ3n) is 4.78. The van der Waals surface area contributed by atoms with Gasteiger partial charge >= 0.3 is 0 Å². The lowest BCUT2D eigenvalue weighted by Crippen LogP contribution is -2.02. The maximum atomic E-state index is 9.63. The van der Waals surface area contributed by atoms with Gasteiger partial charge in [0.05, 0.1) is 19.0 Å². The molecule has 0 unspecified atom stereocenters. The molecule has 3 aromatic rings. The summed E-state index contributed by atoms with van der Waals surface area (Å²) in [5.74, 6) is 1.52. The molecule has 1 fully saturated rings. The van der Waals surface area contributed by atoms with Crippen molar-refractivity contribution in [3.05, 3.63) is 47.8 Å². The average molecular weight is 345 g/mol. The highest BCUT2D eigenvalue weighted by Crippen LogP contribution is 2.45. The minimum Gasteiger partial charge on any atom is -0.497 e. The van der Waals surface area contributed by atoms with E-state index in [0.29, 0.717) is 11.5 Å². The van der Waals surface area contributed by atoms with Gasteiger partial charge in [-0.25, -0.2) is 4.98 Å². The van der Waals surface area contributed by atoms with Crippen molar-refractivity contribution in [3.8, 4) is 34.2 Å². The highest BCUT2D eigenvalue weighted by atomic mass is 16.5. The molecule has 6 nitrogen and oxygen atoms in total. The van der Waals surface area contributed by atoms with Crippen molar-refractivity contribution in [2.45, 2.75) is 18.8 Å². The standard InChI is InChI=1S/C20H19N5O/c1-25-19(13-3-4-13)17(11-23-25)15-9-18(24-20(22)16(15)10-21)12-5-7-14(26-2)8-6-12/h5-9,11,13H,3-4H2,1-2H3,(H2,22,24). The van der Waals surface area contributed by atoms with Crippen LogP contribution in [-0.2, 0) is 7.05 Å². The van der Waals surface area contributed by atoms with Gasteiger partial charge in [0.1, 0.15) is 23.2 Å². The Morgan fingerprint density at radius 3 is 2.58 bits per heavy atom. The van der Waals surface area contributed by atoms with Gasteiger partial charge < -0.3 is 10.5 Å². The molecule has 2 N–H and O–H groups in total. The molecule has 1 aromatic carbocycles. The van der Waals surface area contributed by atoms with Crippen LogP contribution < -0.4 is 10.5 Å². The van der Waals surface area contributed by atoms with E-state index in [-0.39, 0.29) is 5.82 Å². The average Bonchev–Trinajstić information content (AvgIpc) is 3.42. The van der Waals surface area contributed by atoms with Crippen LogP contribution in [0.5, 0.6) is 5.75 Å². The SMILES string of the molecule is COc1ccc(-c2cc(-c3cnn(C)c3C3CC3)c(C#N)c(N)n2)cc1. The van der Waals surface area contributed by atoms with Crippen LogP contribution in [0.3, 0.4) is 0 Å². The molecule has 1 saturated carbocycles. The molecule has 2 aromatic heterocycles. The van der Waals surface area contributed by atoms with Gasteiger partial charge in [-0.2, -0.15) is 10.4 Å². The molecule has 0 atom stereocenters. The zero-order valence-corrected chi connectivity index (χ0v) is 14.7. The predicted molar refractivity (Wildman–Crippen MR) is 99.5 cm³/mol. The molecule has 0 spiro atoms. The number of nitrogens with zero attached hydrogens (tertiary/aromatic N) is 4. The Kier molecular flexibility index (Phi) is 3.85. The fourth-order valence-electron chi connectivity index (χ4n) is 3.30. The molecule has 1 aliphatic rings. The van der Waals surface area contributed by atoms with Gasteiger partial charge in [-0.3, -0.25) is 4.68 Å². The molecule has 4 rings (SSSR count). The second kappa shape index (κ2) is 6.19. The molecule has 2 heterocycles. The molecule has 0 radical (unpaired) electrons. The Morgan fingerprint density at radius 1 is 1.23 bits per heavy atom. The number of aryl methyl sites for hydroxylation is 1. The highest BCUT2D eigenvalue weighted by Gasteiger charge is 2.31. The molecule has 1 aliphatic carbocycles. The number of aromatic nitrogens is 3. The maximum Gasteiger partial charge on any atom is 0.142 e. The summed E-state index contributed by atoms with van der Waals surface area (Å²) >= 11 is 0. The van der Waals surface area contributed by atoms with Crippen molar-refractivity contribution in [2.75, 3.05) is 12.8 Å². The number of nitriles is 1. The van der Waals surface area contributed by atoms with E-state index in [4.69, 9.17) is 10.5 Å². The smallest absolute Gasteiger partial charge is 0.142 e. The van der Waals surface area contributed by atoms with E-state index in [1.807, 2.05) is 48.3 Å². The Morgan fingerprint density at radius 2 is 1.96 bits per heavy atom. The number of nitrogen functional groups attached to an aromatic ring is 1. The lowest BCUT2D eigenvalue weighted by Gasteiger charge is -2.11. The summed E-state index contributed by atoms with van der Waals surface area (Å²) in [6.45, 7) is 0. The van der Waals surface area contributed by atoms with Crippen molar-refractivity contribution in [1.82, 2.24) is 14.8 Å². The van der Waals surface area contributed by atoms with Crippen LogP contribution >= 0.6 is 0 Å². The molecule has 0 bridgehead atoms. The number of ether oxygens (including phenoxy) is 1. The maximum absolute atomic E-state index is 9.63. The van der Waals surface area contributed by atoms with Crippen molar-refractivity contribution in [1.29, 1.82) is 5.26 Å². The van der Waals surface area contributed by atoms with Crippen molar-refractivity contribution < 1.29 is 4.74 Å². The first-order valence-corrected chi connectivity index (χ1v) is 8.49. The second-order valence-corrected chi connectivity index (χ2v) is 6.50. The molecule has 0 saturated heterocycles. The van der Waals surface area contributed by atoms with Crippen LogP contribution in [0.25, 0.3) is 22.4 Å². The van der Waals surface area contributed by atoms with Crippen LogP contribution in [0.2, 0.25) is 0 Å². The largest absolute Gasteiger partial charge is 0.497 e. The fourth-order valence-corrected chi connectivity index (χ4v) is 3.30. The first-order valence-electron chi connectivity index (χ1n) is 8.49.